The number of aromatic nitrogens is 1. The molecular weight excluding hydrogens is 160 g/mol. The molecule has 66 valence electrons. The second-order valence-electron chi connectivity index (χ2n) is 2.52. The van der Waals surface area contributed by atoms with Crippen molar-refractivity contribution >= 4 is 5.97 Å². The molecule has 2 atom stereocenters. The second-order valence-corrected chi connectivity index (χ2v) is 2.52. The maximum atomic E-state index is 10.4. The number of carbonyl (C=O) groups is 1. The van der Waals surface area contributed by atoms with Gasteiger partial charge in [0.1, 0.15) is 12.3 Å². The molecule has 0 aliphatic rings. The van der Waals surface area contributed by atoms with Crippen molar-refractivity contribution in [3.05, 3.63) is 18.4 Å². The van der Waals surface area contributed by atoms with E-state index >= 15 is 0 Å². The fourth-order valence-electron chi connectivity index (χ4n) is 0.827. The van der Waals surface area contributed by atoms with Crippen molar-refractivity contribution in [3.8, 4) is 0 Å². The fraction of sp³-hybridized carbons (Fsp3) is 0.429. The number of nitrogens with two attached hydrogens (primary N) is 1. The van der Waals surface area contributed by atoms with Crippen LogP contribution in [-0.2, 0) is 4.79 Å². The summed E-state index contributed by atoms with van der Waals surface area (Å²) in [7, 11) is 0. The monoisotopic (exact) mass is 170 g/mol. The van der Waals surface area contributed by atoms with Gasteiger partial charge in [-0.05, 0) is 0 Å². The summed E-state index contributed by atoms with van der Waals surface area (Å²) in [5, 5.41) is 8.56. The number of nitrogens with zero attached hydrogens (tertiary/aromatic N) is 1. The van der Waals surface area contributed by atoms with Gasteiger partial charge in [-0.15, -0.1) is 0 Å². The van der Waals surface area contributed by atoms with Gasteiger partial charge in [0, 0.05) is 0 Å². The Morgan fingerprint density at radius 2 is 2.50 bits per heavy atom. The molecule has 0 saturated heterocycles. The van der Waals surface area contributed by atoms with Crippen molar-refractivity contribution in [1.29, 1.82) is 0 Å². The lowest BCUT2D eigenvalue weighted by Gasteiger charge is -2.11. The van der Waals surface area contributed by atoms with Gasteiger partial charge in [-0.2, -0.15) is 0 Å². The molecule has 12 heavy (non-hydrogen) atoms. The van der Waals surface area contributed by atoms with Crippen LogP contribution in [0.1, 0.15) is 18.7 Å². The number of oxazole rings is 1. The van der Waals surface area contributed by atoms with E-state index in [2.05, 4.69) is 4.98 Å². The minimum absolute atomic E-state index is 0.352. The number of hydrogen-bond acceptors (Lipinski definition) is 4. The lowest BCUT2D eigenvalue weighted by atomic mass is 10.0. The molecule has 0 amide bonds. The molecule has 0 spiro atoms. The molecule has 0 aromatic carbocycles. The van der Waals surface area contributed by atoms with Gasteiger partial charge in [0.15, 0.2) is 5.89 Å². The lowest BCUT2D eigenvalue weighted by molar-refractivity contribution is -0.139. The molecule has 0 saturated carbocycles. The van der Waals surface area contributed by atoms with Crippen LogP contribution < -0.4 is 5.73 Å². The summed E-state index contributed by atoms with van der Waals surface area (Å²) in [5.41, 5.74) is 5.35. The Bertz CT molecular complexity index is 258. The van der Waals surface area contributed by atoms with Gasteiger partial charge in [-0.1, -0.05) is 6.92 Å². The first kappa shape index (κ1) is 8.73. The largest absolute Gasteiger partial charge is 0.480 e. The Hall–Kier alpha value is -1.36. The Morgan fingerprint density at radius 1 is 1.83 bits per heavy atom. The van der Waals surface area contributed by atoms with E-state index in [1.165, 1.54) is 12.5 Å². The molecule has 5 nitrogen and oxygen atoms in total. The molecule has 2 unspecified atom stereocenters. The molecule has 1 aromatic rings. The van der Waals surface area contributed by atoms with Gasteiger partial charge in [0.25, 0.3) is 0 Å². The highest BCUT2D eigenvalue weighted by molar-refractivity contribution is 5.74. The topological polar surface area (TPSA) is 89.4 Å². The lowest BCUT2D eigenvalue weighted by Crippen LogP contribution is -2.35. The van der Waals surface area contributed by atoms with Gasteiger partial charge in [-0.25, -0.2) is 4.98 Å². The van der Waals surface area contributed by atoms with E-state index in [0.29, 0.717) is 5.89 Å². The third-order valence-electron chi connectivity index (χ3n) is 1.66. The number of carboxylic acid groups (broad SMARTS) is 1. The van der Waals surface area contributed by atoms with Gasteiger partial charge in [0.2, 0.25) is 0 Å². The van der Waals surface area contributed by atoms with Crippen LogP contribution in [0, 0.1) is 0 Å². The Morgan fingerprint density at radius 3 is 2.92 bits per heavy atom. The summed E-state index contributed by atoms with van der Waals surface area (Å²) in [6, 6.07) is -0.969. The first-order valence-corrected chi connectivity index (χ1v) is 3.50. The highest BCUT2D eigenvalue weighted by Crippen LogP contribution is 2.15. The molecule has 0 fully saturated rings. The molecule has 0 aliphatic heterocycles. The smallest absolute Gasteiger partial charge is 0.321 e. The van der Waals surface area contributed by atoms with Crippen LogP contribution in [0.2, 0.25) is 0 Å². The van der Waals surface area contributed by atoms with Crippen LogP contribution in [0.3, 0.4) is 0 Å². The highest BCUT2D eigenvalue weighted by atomic mass is 16.4. The van der Waals surface area contributed by atoms with E-state index in [-0.39, 0.29) is 0 Å². The van der Waals surface area contributed by atoms with Crippen LogP contribution in [0.4, 0.5) is 0 Å². The summed E-state index contributed by atoms with van der Waals surface area (Å²) < 4.78 is 4.91. The number of hydrogen-bond donors (Lipinski definition) is 2. The minimum Gasteiger partial charge on any atom is -0.480 e. The van der Waals surface area contributed by atoms with E-state index in [0.717, 1.165) is 0 Å². The predicted octanol–water partition coefficient (Wildman–Crippen LogP) is 0.190. The van der Waals surface area contributed by atoms with Crippen LogP contribution in [0.25, 0.3) is 0 Å². The van der Waals surface area contributed by atoms with E-state index in [9.17, 15) is 4.79 Å². The summed E-state index contributed by atoms with van der Waals surface area (Å²) in [6.07, 6.45) is 2.85. The molecule has 3 N–H and O–H groups in total. The van der Waals surface area contributed by atoms with Crippen LogP contribution in [-0.4, -0.2) is 22.1 Å². The maximum absolute atomic E-state index is 10.4. The van der Waals surface area contributed by atoms with Crippen molar-refractivity contribution < 1.29 is 14.3 Å². The fourth-order valence-corrected chi connectivity index (χ4v) is 0.827. The summed E-state index contributed by atoms with van der Waals surface area (Å²) in [5.74, 6) is -1.11. The van der Waals surface area contributed by atoms with Crippen LogP contribution in [0.15, 0.2) is 16.9 Å². The number of rotatable bonds is 3. The van der Waals surface area contributed by atoms with Crippen molar-refractivity contribution in [2.24, 2.45) is 5.73 Å². The minimum atomic E-state index is -1.05. The third-order valence-corrected chi connectivity index (χ3v) is 1.66. The normalized spacial score (nSPS) is 15.5. The standard InChI is InChI=1S/C7H10N2O3/c1-4(5(8)7(10)11)6-9-2-3-12-6/h2-5H,8H2,1H3,(H,10,11). The highest BCUT2D eigenvalue weighted by Gasteiger charge is 2.24. The zero-order valence-electron chi connectivity index (χ0n) is 6.60. The first-order chi connectivity index (χ1) is 5.63. The SMILES string of the molecule is CC(c1ncco1)C(N)C(=O)O. The molecular formula is C7H10N2O3. The van der Waals surface area contributed by atoms with E-state index in [1.54, 1.807) is 6.92 Å². The zero-order valence-corrected chi connectivity index (χ0v) is 6.60. The van der Waals surface area contributed by atoms with Crippen LogP contribution in [0.5, 0.6) is 0 Å². The third kappa shape index (κ3) is 1.62. The average molecular weight is 170 g/mol. The summed E-state index contributed by atoms with van der Waals surface area (Å²) in [4.78, 5) is 14.3. The first-order valence-electron chi connectivity index (χ1n) is 3.50. The van der Waals surface area contributed by atoms with Crippen molar-refractivity contribution in [2.75, 3.05) is 0 Å². The van der Waals surface area contributed by atoms with Gasteiger partial charge < -0.3 is 15.3 Å². The van der Waals surface area contributed by atoms with E-state index in [1.807, 2.05) is 0 Å². The van der Waals surface area contributed by atoms with Crippen LogP contribution >= 0.6 is 0 Å². The molecule has 1 rings (SSSR count). The molecule has 1 aromatic heterocycles. The van der Waals surface area contributed by atoms with Crippen molar-refractivity contribution in [2.45, 2.75) is 18.9 Å². The number of aliphatic carboxylic acids is 1. The van der Waals surface area contributed by atoms with Crippen molar-refractivity contribution in [3.63, 3.8) is 0 Å². The maximum Gasteiger partial charge on any atom is 0.321 e. The zero-order chi connectivity index (χ0) is 9.14. The number of carboxylic acids is 1. The Labute approximate surface area is 69.2 Å². The Balaban J connectivity index is 2.71. The summed E-state index contributed by atoms with van der Waals surface area (Å²) >= 11 is 0. The molecule has 0 bridgehead atoms. The molecule has 0 aliphatic carbocycles. The molecule has 0 radical (unpaired) electrons. The molecule has 1 heterocycles. The average Bonchev–Trinajstić information content (AvgIpc) is 2.53. The second kappa shape index (κ2) is 3.36. The predicted molar refractivity (Wildman–Crippen MR) is 40.5 cm³/mol. The van der Waals surface area contributed by atoms with Crippen molar-refractivity contribution in [1.82, 2.24) is 4.98 Å². The van der Waals surface area contributed by atoms with Gasteiger partial charge >= 0.3 is 5.97 Å². The molecule has 5 heteroatoms. The van der Waals surface area contributed by atoms with Gasteiger partial charge in [-0.3, -0.25) is 4.79 Å². The van der Waals surface area contributed by atoms with E-state index in [4.69, 9.17) is 15.3 Å². The Kier molecular flexibility index (Phi) is 2.44. The summed E-state index contributed by atoms with van der Waals surface area (Å²) in [6.45, 7) is 1.66. The van der Waals surface area contributed by atoms with Gasteiger partial charge in [0.05, 0.1) is 12.1 Å². The quantitative estimate of drug-likeness (QED) is 0.675. The van der Waals surface area contributed by atoms with E-state index < -0.39 is 17.9 Å².